The zero-order chi connectivity index (χ0) is 15.7. The van der Waals surface area contributed by atoms with Crippen LogP contribution in [0.25, 0.3) is 10.9 Å². The molecule has 1 heterocycles. The number of fused-ring (bicyclic) bond motifs is 1. The van der Waals surface area contributed by atoms with Crippen LogP contribution in [0.1, 0.15) is 16.1 Å². The van der Waals surface area contributed by atoms with Crippen molar-refractivity contribution in [3.8, 4) is 0 Å². The van der Waals surface area contributed by atoms with Crippen LogP contribution in [-0.2, 0) is 0 Å². The average molecular weight is 359 g/mol. The van der Waals surface area contributed by atoms with Crippen LogP contribution in [0, 0.1) is 12.7 Å². The Morgan fingerprint density at radius 1 is 1.18 bits per heavy atom. The number of aryl methyl sites for hydroxylation is 1. The van der Waals surface area contributed by atoms with Crippen molar-refractivity contribution >= 4 is 38.4 Å². The van der Waals surface area contributed by atoms with Crippen molar-refractivity contribution in [3.63, 3.8) is 0 Å². The number of nitrogens with zero attached hydrogens (tertiary/aromatic N) is 1. The number of para-hydroxylation sites is 1. The van der Waals surface area contributed by atoms with Gasteiger partial charge in [-0.3, -0.25) is 9.78 Å². The van der Waals surface area contributed by atoms with Gasteiger partial charge in [-0.25, -0.2) is 4.39 Å². The summed E-state index contributed by atoms with van der Waals surface area (Å²) in [5.41, 5.74) is 2.10. The minimum Gasteiger partial charge on any atom is -0.320 e. The van der Waals surface area contributed by atoms with Gasteiger partial charge in [-0.15, -0.1) is 0 Å². The van der Waals surface area contributed by atoms with Gasteiger partial charge < -0.3 is 5.32 Å². The van der Waals surface area contributed by atoms with Crippen LogP contribution in [-0.4, -0.2) is 10.9 Å². The highest BCUT2D eigenvalue weighted by Gasteiger charge is 2.13. The molecule has 1 aromatic heterocycles. The zero-order valence-electron chi connectivity index (χ0n) is 11.7. The number of aromatic nitrogens is 1. The Hall–Kier alpha value is -2.27. The van der Waals surface area contributed by atoms with E-state index in [9.17, 15) is 9.18 Å². The molecule has 0 aliphatic heterocycles. The lowest BCUT2D eigenvalue weighted by Gasteiger charge is -2.09. The molecule has 3 aromatic rings. The van der Waals surface area contributed by atoms with E-state index in [0.717, 1.165) is 11.1 Å². The molecular weight excluding hydrogens is 347 g/mol. The van der Waals surface area contributed by atoms with Gasteiger partial charge in [0.1, 0.15) is 5.82 Å². The molecule has 3 nitrogen and oxygen atoms in total. The number of carbonyl (C=O) groups excluding carboxylic acids is 1. The molecule has 0 bridgehead atoms. The molecule has 0 aliphatic carbocycles. The second-order valence-corrected chi connectivity index (χ2v) is 5.82. The van der Waals surface area contributed by atoms with Crippen molar-refractivity contribution in [2.24, 2.45) is 0 Å². The number of rotatable bonds is 2. The lowest BCUT2D eigenvalue weighted by atomic mass is 10.1. The van der Waals surface area contributed by atoms with Crippen LogP contribution in [0.3, 0.4) is 0 Å². The summed E-state index contributed by atoms with van der Waals surface area (Å²) in [7, 11) is 0. The van der Waals surface area contributed by atoms with E-state index in [2.05, 4.69) is 26.2 Å². The molecule has 3 rings (SSSR count). The molecule has 0 spiro atoms. The first-order chi connectivity index (χ1) is 10.5. The van der Waals surface area contributed by atoms with Gasteiger partial charge in [0.05, 0.1) is 16.8 Å². The van der Waals surface area contributed by atoms with Gasteiger partial charge in [0.2, 0.25) is 0 Å². The van der Waals surface area contributed by atoms with Gasteiger partial charge in [0.15, 0.2) is 0 Å². The summed E-state index contributed by atoms with van der Waals surface area (Å²) in [4.78, 5) is 16.7. The molecule has 22 heavy (non-hydrogen) atoms. The fourth-order valence-corrected chi connectivity index (χ4v) is 2.54. The van der Waals surface area contributed by atoms with Gasteiger partial charge >= 0.3 is 0 Å². The Bertz CT molecular complexity index is 880. The van der Waals surface area contributed by atoms with Crippen LogP contribution < -0.4 is 5.32 Å². The molecule has 0 fully saturated rings. The number of nitrogens with one attached hydrogen (secondary N) is 1. The fraction of sp³-hybridized carbons (Fsp3) is 0.0588. The van der Waals surface area contributed by atoms with E-state index >= 15 is 0 Å². The Morgan fingerprint density at radius 2 is 2.00 bits per heavy atom. The number of hydrogen-bond acceptors (Lipinski definition) is 2. The number of anilines is 1. The van der Waals surface area contributed by atoms with Crippen molar-refractivity contribution in [1.82, 2.24) is 4.98 Å². The lowest BCUT2D eigenvalue weighted by molar-refractivity contribution is 0.102. The fourth-order valence-electron chi connectivity index (χ4n) is 2.21. The van der Waals surface area contributed by atoms with Gasteiger partial charge in [0, 0.05) is 15.6 Å². The first kappa shape index (κ1) is 14.7. The highest BCUT2D eigenvalue weighted by atomic mass is 79.9. The maximum absolute atomic E-state index is 13.9. The van der Waals surface area contributed by atoms with E-state index in [-0.39, 0.29) is 5.56 Å². The molecule has 0 aliphatic rings. The molecule has 0 saturated carbocycles. The standard InChI is InChI=1S/C17H12BrFN2O/c1-10-5-6-11-3-2-4-15(16(11)20-10)21-17(22)13-8-7-12(18)9-14(13)19/h2-9H,1H3,(H,21,22). The Balaban J connectivity index is 1.99. The predicted molar refractivity (Wildman–Crippen MR) is 88.5 cm³/mol. The normalized spacial score (nSPS) is 10.7. The summed E-state index contributed by atoms with van der Waals surface area (Å²) in [5, 5.41) is 3.65. The van der Waals surface area contributed by atoms with Crippen LogP contribution in [0.4, 0.5) is 10.1 Å². The van der Waals surface area contributed by atoms with E-state index < -0.39 is 11.7 Å². The smallest absolute Gasteiger partial charge is 0.258 e. The van der Waals surface area contributed by atoms with Crippen molar-refractivity contribution in [2.75, 3.05) is 5.32 Å². The van der Waals surface area contributed by atoms with E-state index in [1.807, 2.05) is 31.2 Å². The molecular formula is C17H12BrFN2O. The number of carbonyl (C=O) groups is 1. The van der Waals surface area contributed by atoms with Crippen LogP contribution in [0.15, 0.2) is 53.0 Å². The molecule has 0 unspecified atom stereocenters. The molecule has 2 aromatic carbocycles. The average Bonchev–Trinajstić information content (AvgIpc) is 2.47. The monoisotopic (exact) mass is 358 g/mol. The molecule has 110 valence electrons. The first-order valence-corrected chi connectivity index (χ1v) is 7.47. The van der Waals surface area contributed by atoms with E-state index in [0.29, 0.717) is 15.7 Å². The largest absolute Gasteiger partial charge is 0.320 e. The summed E-state index contributed by atoms with van der Waals surface area (Å²) in [6, 6.07) is 13.7. The van der Waals surface area contributed by atoms with E-state index in [1.54, 1.807) is 12.1 Å². The number of amides is 1. The Kier molecular flexibility index (Phi) is 3.90. The number of pyridine rings is 1. The maximum Gasteiger partial charge on any atom is 0.258 e. The summed E-state index contributed by atoms with van der Waals surface area (Å²) < 4.78 is 14.5. The van der Waals surface area contributed by atoms with E-state index in [4.69, 9.17) is 0 Å². The summed E-state index contributed by atoms with van der Waals surface area (Å²) in [5.74, 6) is -1.07. The van der Waals surface area contributed by atoms with Gasteiger partial charge in [-0.2, -0.15) is 0 Å². The van der Waals surface area contributed by atoms with Gasteiger partial charge in [-0.1, -0.05) is 34.1 Å². The van der Waals surface area contributed by atoms with Crippen molar-refractivity contribution in [3.05, 3.63) is 70.1 Å². The highest BCUT2D eigenvalue weighted by molar-refractivity contribution is 9.10. The van der Waals surface area contributed by atoms with Gasteiger partial charge in [0.25, 0.3) is 5.91 Å². The maximum atomic E-state index is 13.9. The molecule has 0 atom stereocenters. The lowest BCUT2D eigenvalue weighted by Crippen LogP contribution is -2.14. The van der Waals surface area contributed by atoms with Crippen molar-refractivity contribution < 1.29 is 9.18 Å². The van der Waals surface area contributed by atoms with Crippen LogP contribution >= 0.6 is 15.9 Å². The Labute approximate surface area is 135 Å². The molecule has 1 N–H and O–H groups in total. The second-order valence-electron chi connectivity index (χ2n) is 4.91. The number of hydrogen-bond donors (Lipinski definition) is 1. The number of halogens is 2. The van der Waals surface area contributed by atoms with Gasteiger partial charge in [-0.05, 0) is 37.3 Å². The second kappa shape index (κ2) is 5.85. The quantitative estimate of drug-likeness (QED) is 0.721. The summed E-state index contributed by atoms with van der Waals surface area (Å²) in [6.45, 7) is 1.88. The van der Waals surface area contributed by atoms with Crippen LogP contribution in [0.2, 0.25) is 0 Å². The Morgan fingerprint density at radius 3 is 2.77 bits per heavy atom. The summed E-state index contributed by atoms with van der Waals surface area (Å²) in [6.07, 6.45) is 0. The third-order valence-electron chi connectivity index (χ3n) is 3.28. The van der Waals surface area contributed by atoms with Crippen molar-refractivity contribution in [1.29, 1.82) is 0 Å². The third kappa shape index (κ3) is 2.85. The first-order valence-electron chi connectivity index (χ1n) is 6.67. The highest BCUT2D eigenvalue weighted by Crippen LogP contribution is 2.23. The predicted octanol–water partition coefficient (Wildman–Crippen LogP) is 4.70. The minimum atomic E-state index is -0.573. The van der Waals surface area contributed by atoms with E-state index in [1.165, 1.54) is 12.1 Å². The third-order valence-corrected chi connectivity index (χ3v) is 3.78. The zero-order valence-corrected chi connectivity index (χ0v) is 13.3. The van der Waals surface area contributed by atoms with Crippen LogP contribution in [0.5, 0.6) is 0 Å². The van der Waals surface area contributed by atoms with Crippen molar-refractivity contribution in [2.45, 2.75) is 6.92 Å². The molecule has 0 saturated heterocycles. The topological polar surface area (TPSA) is 42.0 Å². The molecule has 5 heteroatoms. The minimum absolute atomic E-state index is 0.00661. The number of benzene rings is 2. The molecule has 0 radical (unpaired) electrons. The summed E-state index contributed by atoms with van der Waals surface area (Å²) >= 11 is 3.17. The molecule has 1 amide bonds. The SMILES string of the molecule is Cc1ccc2cccc(NC(=O)c3ccc(Br)cc3F)c2n1.